The predicted octanol–water partition coefficient (Wildman–Crippen LogP) is 3.57. The Morgan fingerprint density at radius 1 is 1.25 bits per heavy atom. The van der Waals surface area contributed by atoms with E-state index in [0.717, 1.165) is 0 Å². The highest BCUT2D eigenvalue weighted by atomic mass is 35.5. The Kier molecular flexibility index (Phi) is 4.51. The maximum atomic E-state index is 12.0. The maximum absolute atomic E-state index is 12.0. The number of hydrogen-bond acceptors (Lipinski definition) is 1. The van der Waals surface area contributed by atoms with Crippen LogP contribution in [-0.4, -0.2) is 12.2 Å². The molecule has 1 aromatic carbocycles. The lowest BCUT2D eigenvalue weighted by Crippen LogP contribution is -2.17. The summed E-state index contributed by atoms with van der Waals surface area (Å²) in [4.78, 5) is 0. The quantitative estimate of drug-likeness (QED) is 0.574. The number of rotatable bonds is 2. The zero-order valence-electron chi connectivity index (χ0n) is 8.14. The van der Waals surface area contributed by atoms with Gasteiger partial charge in [-0.3, -0.25) is 0 Å². The molecule has 5 heteroatoms. The third kappa shape index (κ3) is 4.45. The number of para-hydroxylation sites is 1. The van der Waals surface area contributed by atoms with Gasteiger partial charge in [-0.05, 0) is 12.1 Å². The van der Waals surface area contributed by atoms with Gasteiger partial charge in [-0.15, -0.1) is 24.8 Å². The molecule has 0 N–H and O–H groups in total. The minimum absolute atomic E-state index is 0.199. The van der Waals surface area contributed by atoms with E-state index in [2.05, 4.69) is 16.6 Å². The van der Waals surface area contributed by atoms with Gasteiger partial charge in [0.15, 0.2) is 0 Å². The van der Waals surface area contributed by atoms with E-state index in [1.807, 2.05) is 0 Å². The molecule has 0 fully saturated rings. The third-order valence-corrected chi connectivity index (χ3v) is 1.74. The summed E-state index contributed by atoms with van der Waals surface area (Å²) >= 11 is 5.40. The maximum Gasteiger partial charge on any atom is 0.573 e. The van der Waals surface area contributed by atoms with Gasteiger partial charge in [0.05, 0.1) is 5.56 Å². The Balaban J connectivity index is 2.89. The monoisotopic (exact) mass is 248 g/mol. The largest absolute Gasteiger partial charge is 0.573 e. The van der Waals surface area contributed by atoms with Gasteiger partial charge in [0.1, 0.15) is 5.75 Å². The highest BCUT2D eigenvalue weighted by molar-refractivity contribution is 6.18. The van der Waals surface area contributed by atoms with Crippen molar-refractivity contribution in [1.82, 2.24) is 0 Å². The Morgan fingerprint density at radius 2 is 1.94 bits per heavy atom. The van der Waals surface area contributed by atoms with Crippen molar-refractivity contribution in [3.63, 3.8) is 0 Å². The van der Waals surface area contributed by atoms with Crippen LogP contribution in [0.5, 0.6) is 5.75 Å². The molecule has 0 aliphatic rings. The molecule has 86 valence electrons. The van der Waals surface area contributed by atoms with Gasteiger partial charge in [-0.25, -0.2) is 0 Å². The molecule has 0 radical (unpaired) electrons. The summed E-state index contributed by atoms with van der Waals surface area (Å²) in [6.07, 6.45) is -4.29. The van der Waals surface area contributed by atoms with E-state index < -0.39 is 6.36 Å². The van der Waals surface area contributed by atoms with Crippen molar-refractivity contribution in [3.05, 3.63) is 29.8 Å². The minimum atomic E-state index is -4.70. The number of alkyl halides is 4. The molecule has 0 aliphatic heterocycles. The minimum Gasteiger partial charge on any atom is -0.404 e. The fourth-order valence-corrected chi connectivity index (χ4v) is 1.08. The van der Waals surface area contributed by atoms with Gasteiger partial charge in [-0.2, -0.15) is 0 Å². The standard InChI is InChI=1S/C11H8ClF3O/c12-8-4-3-6-9-5-1-2-7-10(9)16-11(13,14)15/h1-2,5,7H,4,8H2. The van der Waals surface area contributed by atoms with Crippen LogP contribution in [0.2, 0.25) is 0 Å². The molecule has 16 heavy (non-hydrogen) atoms. The first kappa shape index (κ1) is 12.7. The lowest BCUT2D eigenvalue weighted by atomic mass is 10.2. The topological polar surface area (TPSA) is 9.23 Å². The van der Waals surface area contributed by atoms with Crippen molar-refractivity contribution in [2.24, 2.45) is 0 Å². The lowest BCUT2D eigenvalue weighted by Gasteiger charge is -2.09. The van der Waals surface area contributed by atoms with E-state index in [1.165, 1.54) is 18.2 Å². The van der Waals surface area contributed by atoms with Crippen molar-refractivity contribution in [2.45, 2.75) is 12.8 Å². The van der Waals surface area contributed by atoms with Crippen molar-refractivity contribution >= 4 is 11.6 Å². The van der Waals surface area contributed by atoms with E-state index >= 15 is 0 Å². The number of halogens is 4. The summed E-state index contributed by atoms with van der Waals surface area (Å²) in [7, 11) is 0. The molecule has 0 unspecified atom stereocenters. The van der Waals surface area contributed by atoms with Crippen molar-refractivity contribution in [1.29, 1.82) is 0 Å². The second-order valence-corrected chi connectivity index (χ2v) is 3.16. The molecule has 0 aromatic heterocycles. The SMILES string of the molecule is FC(F)(F)Oc1ccccc1C#CCCCl. The molecule has 0 spiro atoms. The van der Waals surface area contributed by atoms with Crippen LogP contribution in [0.3, 0.4) is 0 Å². The van der Waals surface area contributed by atoms with Crippen molar-refractivity contribution in [3.8, 4) is 17.6 Å². The number of hydrogen-bond donors (Lipinski definition) is 0. The first-order valence-corrected chi connectivity index (χ1v) is 4.96. The van der Waals surface area contributed by atoms with Crippen LogP contribution >= 0.6 is 11.6 Å². The van der Waals surface area contributed by atoms with Gasteiger partial charge in [-0.1, -0.05) is 24.0 Å². The third-order valence-electron chi connectivity index (χ3n) is 1.56. The smallest absolute Gasteiger partial charge is 0.404 e. The normalized spacial score (nSPS) is 10.5. The highest BCUT2D eigenvalue weighted by Crippen LogP contribution is 2.25. The molecule has 0 bridgehead atoms. The van der Waals surface area contributed by atoms with Crippen LogP contribution in [0.4, 0.5) is 13.2 Å². The molecule has 1 rings (SSSR count). The zero-order chi connectivity index (χ0) is 12.0. The average molecular weight is 249 g/mol. The lowest BCUT2D eigenvalue weighted by molar-refractivity contribution is -0.274. The molecular formula is C11H8ClF3O. The summed E-state index contributed by atoms with van der Waals surface area (Å²) in [6, 6.07) is 5.72. The molecule has 1 nitrogen and oxygen atoms in total. The van der Waals surface area contributed by atoms with E-state index in [-0.39, 0.29) is 11.3 Å². The molecule has 0 saturated heterocycles. The van der Waals surface area contributed by atoms with Gasteiger partial charge < -0.3 is 4.74 Å². The molecule has 0 saturated carbocycles. The van der Waals surface area contributed by atoms with E-state index in [1.54, 1.807) is 6.07 Å². The van der Waals surface area contributed by atoms with E-state index in [9.17, 15) is 13.2 Å². The summed E-state index contributed by atoms with van der Waals surface area (Å²) < 4.78 is 39.9. The second kappa shape index (κ2) is 5.66. The Morgan fingerprint density at radius 3 is 2.56 bits per heavy atom. The molecule has 0 aliphatic carbocycles. The second-order valence-electron chi connectivity index (χ2n) is 2.78. The van der Waals surface area contributed by atoms with E-state index in [0.29, 0.717) is 12.3 Å². The summed E-state index contributed by atoms with van der Waals surface area (Å²) in [5, 5.41) is 0. The van der Waals surface area contributed by atoms with Crippen LogP contribution in [0.25, 0.3) is 0 Å². The predicted molar refractivity (Wildman–Crippen MR) is 55.3 cm³/mol. The van der Waals surface area contributed by atoms with Gasteiger partial charge >= 0.3 is 6.36 Å². The van der Waals surface area contributed by atoms with Gasteiger partial charge in [0, 0.05) is 12.3 Å². The van der Waals surface area contributed by atoms with E-state index in [4.69, 9.17) is 11.6 Å². The first-order chi connectivity index (χ1) is 7.53. The fourth-order valence-electron chi connectivity index (χ4n) is 0.989. The van der Waals surface area contributed by atoms with Crippen LogP contribution in [0.15, 0.2) is 24.3 Å². The Bertz CT molecular complexity index is 404. The summed E-state index contributed by atoms with van der Waals surface area (Å²) in [6.45, 7) is 0. The van der Waals surface area contributed by atoms with Crippen LogP contribution < -0.4 is 4.74 Å². The van der Waals surface area contributed by atoms with Crippen LogP contribution in [-0.2, 0) is 0 Å². The highest BCUT2D eigenvalue weighted by Gasteiger charge is 2.31. The van der Waals surface area contributed by atoms with Gasteiger partial charge in [0.2, 0.25) is 0 Å². The molecule has 0 heterocycles. The van der Waals surface area contributed by atoms with Crippen LogP contribution in [0, 0.1) is 11.8 Å². The zero-order valence-corrected chi connectivity index (χ0v) is 8.90. The fraction of sp³-hybridized carbons (Fsp3) is 0.273. The Hall–Kier alpha value is -1.34. The molecule has 1 aromatic rings. The summed E-state index contributed by atoms with van der Waals surface area (Å²) in [5.41, 5.74) is 0.199. The molecular weight excluding hydrogens is 241 g/mol. The molecule has 0 amide bonds. The van der Waals surface area contributed by atoms with Crippen LogP contribution in [0.1, 0.15) is 12.0 Å². The van der Waals surface area contributed by atoms with Crippen molar-refractivity contribution in [2.75, 3.05) is 5.88 Å². The van der Waals surface area contributed by atoms with Gasteiger partial charge in [0.25, 0.3) is 0 Å². The number of benzene rings is 1. The Labute approximate surface area is 96.2 Å². The average Bonchev–Trinajstić information content (AvgIpc) is 2.19. The molecule has 0 atom stereocenters. The number of ether oxygens (including phenoxy) is 1. The van der Waals surface area contributed by atoms with Crippen molar-refractivity contribution < 1.29 is 17.9 Å². The summed E-state index contributed by atoms with van der Waals surface area (Å²) in [5.74, 6) is 5.27. The first-order valence-electron chi connectivity index (χ1n) is 4.42.